The molecule has 1 N–H and O–H groups in total. The Morgan fingerprint density at radius 1 is 0.783 bits per heavy atom. The minimum absolute atomic E-state index is 0.178. The Kier molecular flexibility index (Phi) is 4.78. The molecule has 0 radical (unpaired) electrons. The lowest BCUT2D eigenvalue weighted by molar-refractivity contribution is 0.0488. The second kappa shape index (κ2) is 6.44. The van der Waals surface area contributed by atoms with Crippen molar-refractivity contribution < 1.29 is 19.5 Å². The molecule has 2 aromatic rings. The van der Waals surface area contributed by atoms with Crippen LogP contribution in [0.25, 0.3) is 0 Å². The summed E-state index contributed by atoms with van der Waals surface area (Å²) in [7, 11) is 0. The summed E-state index contributed by atoms with van der Waals surface area (Å²) in [5.74, 6) is -1.78. The van der Waals surface area contributed by atoms with Gasteiger partial charge >= 0.3 is 0 Å². The van der Waals surface area contributed by atoms with E-state index in [0.717, 1.165) is 0 Å². The number of aliphatic hydroxyl groups is 1. The maximum absolute atomic E-state index is 12.2. The Balaban J connectivity index is 2.22. The Hall–Kier alpha value is -2.30. The van der Waals surface area contributed by atoms with E-state index in [2.05, 4.69) is 0 Å². The summed E-state index contributed by atoms with van der Waals surface area (Å²) >= 11 is 5.75. The third-order valence-electron chi connectivity index (χ3n) is 3.28. The summed E-state index contributed by atoms with van der Waals surface area (Å²) in [5, 5.41) is 10.2. The zero-order chi connectivity index (χ0) is 17.2. The van der Waals surface area contributed by atoms with Crippen LogP contribution in [0.1, 0.15) is 44.9 Å². The van der Waals surface area contributed by atoms with E-state index < -0.39 is 23.0 Å². The molecule has 0 spiro atoms. The summed E-state index contributed by atoms with van der Waals surface area (Å²) in [5.41, 5.74) is -0.800. The highest BCUT2D eigenvalue weighted by Crippen LogP contribution is 2.16. The minimum Gasteiger partial charge on any atom is -0.382 e. The number of benzene rings is 2. The maximum Gasteiger partial charge on any atom is 0.233 e. The van der Waals surface area contributed by atoms with Crippen LogP contribution in [0, 0.1) is 0 Å². The lowest BCUT2D eigenvalue weighted by atomic mass is 9.94. The van der Waals surface area contributed by atoms with Crippen LogP contribution in [0.15, 0.2) is 48.5 Å². The van der Waals surface area contributed by atoms with Crippen LogP contribution in [0.5, 0.6) is 0 Å². The van der Waals surface area contributed by atoms with Gasteiger partial charge in [-0.1, -0.05) is 35.9 Å². The van der Waals surface area contributed by atoms with Crippen molar-refractivity contribution in [3.8, 4) is 0 Å². The molecule has 0 bridgehead atoms. The SMILES string of the molecule is CC(C)(O)C(=O)c1ccc(C(=O)C(=O)c2ccc(Cl)cc2)cc1. The van der Waals surface area contributed by atoms with Crippen molar-refractivity contribution in [1.82, 2.24) is 0 Å². The van der Waals surface area contributed by atoms with Crippen LogP contribution in [0.2, 0.25) is 5.02 Å². The molecule has 2 rings (SSSR count). The number of carbonyl (C=O) groups is 3. The predicted octanol–water partition coefficient (Wildman–Crippen LogP) is 3.36. The van der Waals surface area contributed by atoms with E-state index in [1.54, 1.807) is 0 Å². The van der Waals surface area contributed by atoms with Crippen molar-refractivity contribution >= 4 is 29.0 Å². The van der Waals surface area contributed by atoms with E-state index in [1.807, 2.05) is 0 Å². The standard InChI is InChI=1S/C18H15ClO4/c1-18(2,23)17(22)13-5-3-11(4-6-13)15(20)16(21)12-7-9-14(19)10-8-12/h3-10,23H,1-2H3. The highest BCUT2D eigenvalue weighted by Gasteiger charge is 2.25. The normalized spacial score (nSPS) is 11.1. The summed E-state index contributed by atoms with van der Waals surface area (Å²) in [6.45, 7) is 2.77. The van der Waals surface area contributed by atoms with E-state index in [4.69, 9.17) is 11.6 Å². The Labute approximate surface area is 138 Å². The molecule has 5 heteroatoms. The molecule has 0 heterocycles. The number of hydrogen-bond acceptors (Lipinski definition) is 4. The van der Waals surface area contributed by atoms with E-state index in [0.29, 0.717) is 5.02 Å². The highest BCUT2D eigenvalue weighted by molar-refractivity contribution is 6.49. The van der Waals surface area contributed by atoms with Gasteiger partial charge in [-0.2, -0.15) is 0 Å². The largest absolute Gasteiger partial charge is 0.382 e. The van der Waals surface area contributed by atoms with Gasteiger partial charge in [-0.25, -0.2) is 0 Å². The first kappa shape index (κ1) is 17.1. The van der Waals surface area contributed by atoms with E-state index in [-0.39, 0.29) is 16.7 Å². The van der Waals surface area contributed by atoms with Gasteiger partial charge < -0.3 is 5.11 Å². The van der Waals surface area contributed by atoms with Gasteiger partial charge in [0, 0.05) is 21.7 Å². The quantitative estimate of drug-likeness (QED) is 0.674. The minimum atomic E-state index is -1.50. The Morgan fingerprint density at radius 2 is 1.13 bits per heavy atom. The van der Waals surface area contributed by atoms with Crippen molar-refractivity contribution in [1.29, 1.82) is 0 Å². The topological polar surface area (TPSA) is 71.4 Å². The van der Waals surface area contributed by atoms with Gasteiger partial charge in [0.15, 0.2) is 5.78 Å². The maximum atomic E-state index is 12.2. The lowest BCUT2D eigenvalue weighted by Crippen LogP contribution is -2.31. The monoisotopic (exact) mass is 330 g/mol. The molecule has 0 atom stereocenters. The second-order valence-corrected chi connectivity index (χ2v) is 6.07. The zero-order valence-corrected chi connectivity index (χ0v) is 13.4. The lowest BCUT2D eigenvalue weighted by Gasteiger charge is -2.15. The van der Waals surface area contributed by atoms with Crippen molar-refractivity contribution in [2.75, 3.05) is 0 Å². The van der Waals surface area contributed by atoms with Crippen LogP contribution >= 0.6 is 11.6 Å². The number of carbonyl (C=O) groups excluding carboxylic acids is 3. The summed E-state index contributed by atoms with van der Waals surface area (Å²) in [6, 6.07) is 11.7. The van der Waals surface area contributed by atoms with Crippen LogP contribution in [0.4, 0.5) is 0 Å². The molecule has 118 valence electrons. The molecule has 2 aromatic carbocycles. The van der Waals surface area contributed by atoms with Crippen molar-refractivity contribution in [3.63, 3.8) is 0 Å². The molecule has 0 unspecified atom stereocenters. The first-order valence-electron chi connectivity index (χ1n) is 6.92. The smallest absolute Gasteiger partial charge is 0.233 e. The average molecular weight is 331 g/mol. The number of ketones is 3. The molecule has 0 saturated heterocycles. The Morgan fingerprint density at radius 3 is 1.52 bits per heavy atom. The van der Waals surface area contributed by atoms with E-state index in [1.165, 1.54) is 62.4 Å². The van der Waals surface area contributed by atoms with Gasteiger partial charge in [0.2, 0.25) is 11.6 Å². The molecule has 0 fully saturated rings. The molecule has 0 aromatic heterocycles. The van der Waals surface area contributed by atoms with E-state index in [9.17, 15) is 19.5 Å². The van der Waals surface area contributed by atoms with Crippen LogP contribution in [0.3, 0.4) is 0 Å². The third-order valence-corrected chi connectivity index (χ3v) is 3.53. The van der Waals surface area contributed by atoms with Crippen LogP contribution in [-0.4, -0.2) is 28.1 Å². The molecule has 4 nitrogen and oxygen atoms in total. The average Bonchev–Trinajstić information content (AvgIpc) is 2.53. The van der Waals surface area contributed by atoms with Crippen molar-refractivity contribution in [3.05, 3.63) is 70.2 Å². The molecule has 0 saturated carbocycles. The molecule has 0 aliphatic rings. The first-order chi connectivity index (χ1) is 10.7. The summed E-state index contributed by atoms with van der Waals surface area (Å²) in [4.78, 5) is 36.2. The Bertz CT molecular complexity index is 753. The van der Waals surface area contributed by atoms with Crippen molar-refractivity contribution in [2.24, 2.45) is 0 Å². The molecular weight excluding hydrogens is 316 g/mol. The fraction of sp³-hybridized carbons (Fsp3) is 0.167. The van der Waals surface area contributed by atoms with Gasteiger partial charge in [0.25, 0.3) is 0 Å². The summed E-state index contributed by atoms with van der Waals surface area (Å²) in [6.07, 6.45) is 0. The predicted molar refractivity (Wildman–Crippen MR) is 87.2 cm³/mol. The van der Waals surface area contributed by atoms with Crippen LogP contribution < -0.4 is 0 Å². The van der Waals surface area contributed by atoms with Gasteiger partial charge in [0.05, 0.1) is 0 Å². The van der Waals surface area contributed by atoms with Gasteiger partial charge in [-0.3, -0.25) is 14.4 Å². The van der Waals surface area contributed by atoms with Crippen molar-refractivity contribution in [2.45, 2.75) is 19.4 Å². The number of halogens is 1. The van der Waals surface area contributed by atoms with Crippen LogP contribution in [-0.2, 0) is 0 Å². The van der Waals surface area contributed by atoms with Gasteiger partial charge in [0.1, 0.15) is 5.60 Å². The fourth-order valence-corrected chi connectivity index (χ4v) is 2.12. The molecular formula is C18H15ClO4. The van der Waals surface area contributed by atoms with Gasteiger partial charge in [-0.05, 0) is 38.1 Å². The highest BCUT2D eigenvalue weighted by atomic mass is 35.5. The first-order valence-corrected chi connectivity index (χ1v) is 7.30. The molecule has 0 aliphatic carbocycles. The van der Waals surface area contributed by atoms with Gasteiger partial charge in [-0.15, -0.1) is 0 Å². The molecule has 0 aliphatic heterocycles. The molecule has 23 heavy (non-hydrogen) atoms. The second-order valence-electron chi connectivity index (χ2n) is 5.63. The number of rotatable bonds is 5. The third kappa shape index (κ3) is 3.92. The number of hydrogen-bond donors (Lipinski definition) is 1. The van der Waals surface area contributed by atoms with E-state index >= 15 is 0 Å². The number of Topliss-reactive ketones (excluding diaryl/α,β-unsaturated/α-hetero) is 3. The molecule has 0 amide bonds. The zero-order valence-electron chi connectivity index (χ0n) is 12.7. The fourth-order valence-electron chi connectivity index (χ4n) is 1.99. The summed E-state index contributed by atoms with van der Waals surface area (Å²) < 4.78 is 0.